The smallest absolute Gasteiger partial charge is 0.164 e. The van der Waals surface area contributed by atoms with Gasteiger partial charge < -0.3 is 4.42 Å². The van der Waals surface area contributed by atoms with Gasteiger partial charge in [-0.15, -0.1) is 0 Å². The molecule has 1 aliphatic rings. The summed E-state index contributed by atoms with van der Waals surface area (Å²) in [5.41, 5.74) is 9.37. The van der Waals surface area contributed by atoms with Gasteiger partial charge in [-0.25, -0.2) is 15.0 Å². The first-order valence-electron chi connectivity index (χ1n) is 16.0. The first kappa shape index (κ1) is 27.2. The number of benzene rings is 6. The monoisotopic (exact) mass is 603 g/mol. The van der Waals surface area contributed by atoms with Crippen molar-refractivity contribution in [2.24, 2.45) is 0 Å². The Kier molecular flexibility index (Phi) is 6.57. The predicted molar refractivity (Wildman–Crippen MR) is 193 cm³/mol. The van der Waals surface area contributed by atoms with Crippen LogP contribution in [0, 0.1) is 0 Å². The molecule has 0 atom stereocenters. The van der Waals surface area contributed by atoms with Gasteiger partial charge in [0, 0.05) is 27.5 Å². The molecule has 2 heterocycles. The zero-order valence-corrected chi connectivity index (χ0v) is 25.6. The zero-order valence-electron chi connectivity index (χ0n) is 25.6. The first-order valence-corrected chi connectivity index (χ1v) is 16.0. The normalized spacial score (nSPS) is 13.0. The van der Waals surface area contributed by atoms with Gasteiger partial charge in [0.2, 0.25) is 0 Å². The standard InChI is InChI=1S/C43H29N3O/c1-3-12-28(13-4-1)29-24-26-31(27-25-29)42-44-41(30-14-5-2-6-15-30)45-43(46-42)36-21-10-17-32-33(18-9-19-34(32)36)35-20-11-23-39-40(35)37-16-7-8-22-38(37)47-39/h2-3,5-27H,1,4H2. The van der Waals surface area contributed by atoms with E-state index < -0.39 is 0 Å². The van der Waals surface area contributed by atoms with Gasteiger partial charge in [0.05, 0.1) is 0 Å². The second kappa shape index (κ2) is 11.3. The molecule has 2 aromatic heterocycles. The molecule has 0 unspecified atom stereocenters. The van der Waals surface area contributed by atoms with Crippen molar-refractivity contribution < 1.29 is 4.42 Å². The Morgan fingerprint density at radius 2 is 1.02 bits per heavy atom. The third kappa shape index (κ3) is 4.82. The van der Waals surface area contributed by atoms with Crippen LogP contribution in [0.1, 0.15) is 18.4 Å². The van der Waals surface area contributed by atoms with E-state index >= 15 is 0 Å². The highest BCUT2D eigenvalue weighted by molar-refractivity contribution is 6.16. The number of para-hydroxylation sites is 1. The number of aromatic nitrogens is 3. The van der Waals surface area contributed by atoms with Crippen LogP contribution in [-0.2, 0) is 0 Å². The number of hydrogen-bond acceptors (Lipinski definition) is 4. The van der Waals surface area contributed by atoms with E-state index in [2.05, 4.69) is 103 Å². The lowest BCUT2D eigenvalue weighted by atomic mass is 9.93. The van der Waals surface area contributed by atoms with Gasteiger partial charge in [0.1, 0.15) is 11.2 Å². The SMILES string of the molecule is C1=CC(c2ccc(-c3nc(-c4ccccc4)nc(-c4cccc5c(-c6cccc7oc8ccccc8c67)cccc45)n3)cc2)=CCC1. The summed E-state index contributed by atoms with van der Waals surface area (Å²) in [4.78, 5) is 15.2. The molecular formula is C43H29N3O. The highest BCUT2D eigenvalue weighted by atomic mass is 16.3. The van der Waals surface area contributed by atoms with Crippen molar-refractivity contribution in [3.05, 3.63) is 157 Å². The summed E-state index contributed by atoms with van der Waals surface area (Å²) < 4.78 is 6.24. The maximum absolute atomic E-state index is 6.24. The summed E-state index contributed by atoms with van der Waals surface area (Å²) in [5, 5.41) is 4.45. The van der Waals surface area contributed by atoms with E-state index in [9.17, 15) is 0 Å². The van der Waals surface area contributed by atoms with Crippen molar-refractivity contribution in [1.82, 2.24) is 15.0 Å². The van der Waals surface area contributed by atoms with Crippen LogP contribution < -0.4 is 0 Å². The van der Waals surface area contributed by atoms with Gasteiger partial charge >= 0.3 is 0 Å². The molecule has 0 spiro atoms. The number of fused-ring (bicyclic) bond motifs is 4. The largest absolute Gasteiger partial charge is 0.456 e. The highest BCUT2D eigenvalue weighted by Gasteiger charge is 2.18. The summed E-state index contributed by atoms with van der Waals surface area (Å²) in [6.07, 6.45) is 8.92. The van der Waals surface area contributed by atoms with Crippen LogP contribution in [0.2, 0.25) is 0 Å². The van der Waals surface area contributed by atoms with Crippen molar-refractivity contribution >= 4 is 38.3 Å². The van der Waals surface area contributed by atoms with E-state index in [0.717, 1.165) is 73.4 Å². The molecule has 0 aliphatic heterocycles. The number of hydrogen-bond donors (Lipinski definition) is 0. The molecule has 4 nitrogen and oxygen atoms in total. The molecular weight excluding hydrogens is 574 g/mol. The first-order chi connectivity index (χ1) is 23.3. The lowest BCUT2D eigenvalue weighted by Gasteiger charge is -2.13. The quantitative estimate of drug-likeness (QED) is 0.196. The van der Waals surface area contributed by atoms with E-state index in [0.29, 0.717) is 17.5 Å². The van der Waals surface area contributed by atoms with Gasteiger partial charge in [0.15, 0.2) is 17.5 Å². The van der Waals surface area contributed by atoms with Crippen LogP contribution in [0.25, 0.3) is 83.6 Å². The number of nitrogens with zero attached hydrogens (tertiary/aromatic N) is 3. The Labute approximate surface area is 272 Å². The van der Waals surface area contributed by atoms with Gasteiger partial charge in [0.25, 0.3) is 0 Å². The molecule has 0 N–H and O–H groups in total. The number of furan rings is 1. The fourth-order valence-electron chi connectivity index (χ4n) is 6.72. The summed E-state index contributed by atoms with van der Waals surface area (Å²) in [6, 6.07) is 46.1. The second-order valence-corrected chi connectivity index (χ2v) is 11.9. The van der Waals surface area contributed by atoms with Crippen LogP contribution in [0.5, 0.6) is 0 Å². The fourth-order valence-corrected chi connectivity index (χ4v) is 6.72. The molecule has 0 radical (unpaired) electrons. The molecule has 9 rings (SSSR count). The summed E-state index contributed by atoms with van der Waals surface area (Å²) in [6.45, 7) is 0. The molecule has 0 saturated carbocycles. The van der Waals surface area contributed by atoms with E-state index in [1.54, 1.807) is 0 Å². The molecule has 0 fully saturated rings. The Morgan fingerprint density at radius 3 is 1.81 bits per heavy atom. The van der Waals surface area contributed by atoms with Gasteiger partial charge in [-0.2, -0.15) is 0 Å². The van der Waals surface area contributed by atoms with E-state index in [4.69, 9.17) is 19.4 Å². The summed E-state index contributed by atoms with van der Waals surface area (Å²) in [5.74, 6) is 1.94. The van der Waals surface area contributed by atoms with Crippen molar-refractivity contribution in [1.29, 1.82) is 0 Å². The zero-order chi connectivity index (χ0) is 31.2. The topological polar surface area (TPSA) is 51.8 Å². The van der Waals surface area contributed by atoms with Gasteiger partial charge in [-0.3, -0.25) is 0 Å². The molecule has 8 aromatic rings. The minimum absolute atomic E-state index is 0.644. The van der Waals surface area contributed by atoms with E-state index in [-0.39, 0.29) is 0 Å². The summed E-state index contributed by atoms with van der Waals surface area (Å²) in [7, 11) is 0. The van der Waals surface area contributed by atoms with Crippen molar-refractivity contribution in [3.8, 4) is 45.3 Å². The van der Waals surface area contributed by atoms with Gasteiger partial charge in [-0.1, -0.05) is 140 Å². The molecule has 0 amide bonds. The molecule has 0 bridgehead atoms. The maximum Gasteiger partial charge on any atom is 0.164 e. The van der Waals surface area contributed by atoms with Crippen molar-refractivity contribution in [3.63, 3.8) is 0 Å². The third-order valence-electron chi connectivity index (χ3n) is 8.99. The molecule has 47 heavy (non-hydrogen) atoms. The lowest BCUT2D eigenvalue weighted by Crippen LogP contribution is -2.00. The van der Waals surface area contributed by atoms with Gasteiger partial charge in [-0.05, 0) is 58.0 Å². The second-order valence-electron chi connectivity index (χ2n) is 11.9. The Hall–Kier alpha value is -6.13. The lowest BCUT2D eigenvalue weighted by molar-refractivity contribution is 0.669. The van der Waals surface area contributed by atoms with Crippen LogP contribution in [0.4, 0.5) is 0 Å². The fraction of sp³-hybridized carbons (Fsp3) is 0.0465. The average molecular weight is 604 g/mol. The average Bonchev–Trinajstić information content (AvgIpc) is 3.54. The highest BCUT2D eigenvalue weighted by Crippen LogP contribution is 2.41. The minimum Gasteiger partial charge on any atom is -0.456 e. The molecule has 0 saturated heterocycles. The minimum atomic E-state index is 0.644. The Balaban J connectivity index is 1.22. The molecule has 4 heteroatoms. The van der Waals surface area contributed by atoms with Crippen molar-refractivity contribution in [2.45, 2.75) is 12.8 Å². The third-order valence-corrected chi connectivity index (χ3v) is 8.99. The van der Waals surface area contributed by atoms with E-state index in [1.165, 1.54) is 11.1 Å². The summed E-state index contributed by atoms with van der Waals surface area (Å²) >= 11 is 0. The molecule has 1 aliphatic carbocycles. The predicted octanol–water partition coefficient (Wildman–Crippen LogP) is 11.3. The van der Waals surface area contributed by atoms with Crippen LogP contribution >= 0.6 is 0 Å². The van der Waals surface area contributed by atoms with E-state index in [1.807, 2.05) is 48.5 Å². The molecule has 222 valence electrons. The number of rotatable bonds is 5. The van der Waals surface area contributed by atoms with Crippen LogP contribution in [0.15, 0.2) is 156 Å². The maximum atomic E-state index is 6.24. The van der Waals surface area contributed by atoms with Crippen LogP contribution in [0.3, 0.4) is 0 Å². The Bertz CT molecular complexity index is 2510. The van der Waals surface area contributed by atoms with Crippen LogP contribution in [-0.4, -0.2) is 15.0 Å². The Morgan fingerprint density at radius 1 is 0.426 bits per heavy atom. The number of allylic oxidation sites excluding steroid dienone is 4. The van der Waals surface area contributed by atoms with Crippen molar-refractivity contribution in [2.75, 3.05) is 0 Å². The molecule has 6 aromatic carbocycles.